The molecule has 0 aliphatic heterocycles. The Balaban J connectivity index is 1.47. The molecule has 0 spiro atoms. The Bertz CT molecular complexity index is 1230. The first kappa shape index (κ1) is 20.9. The number of methoxy groups -OCH3 is 1. The molecule has 0 aliphatic rings. The van der Waals surface area contributed by atoms with Crippen molar-refractivity contribution in [2.24, 2.45) is 0 Å². The Hall–Kier alpha value is -4.33. The number of hydrogen-bond acceptors (Lipinski definition) is 5. The molecular weight excluding hydrogens is 416 g/mol. The summed E-state index contributed by atoms with van der Waals surface area (Å²) in [4.78, 5) is 21.0. The summed E-state index contributed by atoms with van der Waals surface area (Å²) in [5.74, 6) is 0.0297. The van der Waals surface area contributed by atoms with Crippen molar-refractivity contribution in [3.05, 3.63) is 96.2 Å². The van der Waals surface area contributed by atoms with E-state index in [4.69, 9.17) is 9.47 Å². The highest BCUT2D eigenvalue weighted by Gasteiger charge is 2.10. The lowest BCUT2D eigenvalue weighted by Crippen LogP contribution is -2.12. The van der Waals surface area contributed by atoms with E-state index in [1.165, 1.54) is 0 Å². The summed E-state index contributed by atoms with van der Waals surface area (Å²) in [5, 5.41) is 2.46. The molecule has 1 heterocycles. The smallest absolute Gasteiger partial charge is 0.255 e. The van der Waals surface area contributed by atoms with Crippen molar-refractivity contribution >= 4 is 11.6 Å². The summed E-state index contributed by atoms with van der Waals surface area (Å²) >= 11 is 0. The fourth-order valence-electron chi connectivity index (χ4n) is 2.90. The van der Waals surface area contributed by atoms with Crippen LogP contribution in [0.25, 0.3) is 11.4 Å². The van der Waals surface area contributed by atoms with Gasteiger partial charge in [0.25, 0.3) is 5.91 Å². The van der Waals surface area contributed by atoms with Gasteiger partial charge in [-0.1, -0.05) is 12.1 Å². The van der Waals surface area contributed by atoms with Gasteiger partial charge in [0.05, 0.1) is 7.11 Å². The van der Waals surface area contributed by atoms with Gasteiger partial charge in [-0.05, 0) is 48.5 Å². The second-order valence-corrected chi connectivity index (χ2v) is 6.69. The first-order chi connectivity index (χ1) is 15.5. The highest BCUT2D eigenvalue weighted by Crippen LogP contribution is 2.24. The molecule has 0 radical (unpaired) electrons. The van der Waals surface area contributed by atoms with E-state index < -0.39 is 17.5 Å². The van der Waals surface area contributed by atoms with Gasteiger partial charge < -0.3 is 14.8 Å². The van der Waals surface area contributed by atoms with E-state index in [2.05, 4.69) is 15.3 Å². The van der Waals surface area contributed by atoms with Crippen molar-refractivity contribution in [3.63, 3.8) is 0 Å². The maximum atomic E-state index is 13.3. The number of ether oxygens (including phenoxy) is 2. The predicted octanol–water partition coefficient (Wildman–Crippen LogP) is 5.48. The van der Waals surface area contributed by atoms with Crippen LogP contribution in [0, 0.1) is 11.6 Å². The summed E-state index contributed by atoms with van der Waals surface area (Å²) in [6.45, 7) is 0. The Morgan fingerprint density at radius 3 is 2.19 bits per heavy atom. The number of rotatable bonds is 6. The molecule has 3 aromatic carbocycles. The van der Waals surface area contributed by atoms with Crippen LogP contribution < -0.4 is 14.8 Å². The second kappa shape index (κ2) is 9.22. The van der Waals surface area contributed by atoms with Gasteiger partial charge in [0, 0.05) is 35.1 Å². The largest absolute Gasteiger partial charge is 0.497 e. The number of carbonyl (C=O) groups is 1. The van der Waals surface area contributed by atoms with Crippen LogP contribution in [0.2, 0.25) is 0 Å². The third-order valence-electron chi connectivity index (χ3n) is 4.44. The third kappa shape index (κ3) is 5.04. The second-order valence-electron chi connectivity index (χ2n) is 6.69. The highest BCUT2D eigenvalue weighted by molar-refractivity contribution is 6.04. The summed E-state index contributed by atoms with van der Waals surface area (Å²) in [6, 6.07) is 18.0. The number of hydrogen-bond donors (Lipinski definition) is 1. The number of anilines is 1. The van der Waals surface area contributed by atoms with Crippen molar-refractivity contribution in [2.75, 3.05) is 12.4 Å². The van der Waals surface area contributed by atoms with Crippen LogP contribution >= 0.6 is 0 Å². The number of nitrogens with zero attached hydrogens (tertiary/aromatic N) is 2. The zero-order valence-electron chi connectivity index (χ0n) is 16.9. The van der Waals surface area contributed by atoms with E-state index in [9.17, 15) is 13.6 Å². The van der Waals surface area contributed by atoms with Crippen molar-refractivity contribution in [1.29, 1.82) is 0 Å². The SMILES string of the molecule is COc1ccc(Oc2ccnc(-c3ccc(C(=O)Nc4cc(F)cc(F)c4)cc3)n2)cc1. The number of aromatic nitrogens is 2. The van der Waals surface area contributed by atoms with Crippen LogP contribution in [0.15, 0.2) is 79.0 Å². The normalized spacial score (nSPS) is 10.5. The van der Waals surface area contributed by atoms with Crippen molar-refractivity contribution < 1.29 is 23.0 Å². The standard InChI is InChI=1S/C24H17F2N3O3/c1-31-20-6-8-21(9-7-20)32-22-10-11-27-23(29-22)15-2-4-16(5-3-15)24(30)28-19-13-17(25)12-18(26)14-19/h2-14H,1H3,(H,28,30). The van der Waals surface area contributed by atoms with Gasteiger partial charge in [0.15, 0.2) is 5.82 Å². The molecule has 0 unspecified atom stereocenters. The maximum absolute atomic E-state index is 13.3. The molecule has 6 nitrogen and oxygen atoms in total. The van der Waals surface area contributed by atoms with Gasteiger partial charge in [-0.25, -0.2) is 13.8 Å². The van der Waals surface area contributed by atoms with Crippen LogP contribution in [0.3, 0.4) is 0 Å². The monoisotopic (exact) mass is 433 g/mol. The Morgan fingerprint density at radius 1 is 0.875 bits per heavy atom. The number of benzene rings is 3. The first-order valence-electron chi connectivity index (χ1n) is 9.53. The van der Waals surface area contributed by atoms with Gasteiger partial charge in [0.2, 0.25) is 5.88 Å². The van der Waals surface area contributed by atoms with E-state index in [1.807, 2.05) is 0 Å². The Labute approximate surface area is 182 Å². The molecule has 160 valence electrons. The van der Waals surface area contributed by atoms with Crippen LogP contribution in [0.1, 0.15) is 10.4 Å². The Morgan fingerprint density at radius 2 is 1.53 bits per heavy atom. The minimum atomic E-state index is -0.774. The molecule has 0 bridgehead atoms. The lowest BCUT2D eigenvalue weighted by atomic mass is 10.1. The molecular formula is C24H17F2N3O3. The minimum absolute atomic E-state index is 0.0308. The molecule has 0 atom stereocenters. The molecule has 0 aliphatic carbocycles. The van der Waals surface area contributed by atoms with Crippen LogP contribution in [-0.2, 0) is 0 Å². The molecule has 0 fully saturated rings. The molecule has 1 aromatic heterocycles. The van der Waals surface area contributed by atoms with Gasteiger partial charge in [-0.2, -0.15) is 4.98 Å². The molecule has 8 heteroatoms. The van der Waals surface area contributed by atoms with Crippen LogP contribution in [-0.4, -0.2) is 23.0 Å². The van der Waals surface area contributed by atoms with Crippen molar-refractivity contribution in [1.82, 2.24) is 9.97 Å². The van der Waals surface area contributed by atoms with Crippen LogP contribution in [0.5, 0.6) is 17.4 Å². The van der Waals surface area contributed by atoms with E-state index in [1.54, 1.807) is 67.9 Å². The molecule has 4 aromatic rings. The average Bonchev–Trinajstić information content (AvgIpc) is 2.79. The Kier molecular flexibility index (Phi) is 6.03. The van der Waals surface area contributed by atoms with E-state index >= 15 is 0 Å². The van der Waals surface area contributed by atoms with E-state index in [0.29, 0.717) is 34.3 Å². The van der Waals surface area contributed by atoms with Gasteiger partial charge in [-0.3, -0.25) is 4.79 Å². The van der Waals surface area contributed by atoms with Crippen molar-refractivity contribution in [2.45, 2.75) is 0 Å². The topological polar surface area (TPSA) is 73.3 Å². The molecule has 0 saturated heterocycles. The number of nitrogens with one attached hydrogen (secondary N) is 1. The van der Waals surface area contributed by atoms with Crippen LogP contribution in [0.4, 0.5) is 14.5 Å². The zero-order valence-corrected chi connectivity index (χ0v) is 16.9. The number of carbonyl (C=O) groups excluding carboxylic acids is 1. The fraction of sp³-hybridized carbons (Fsp3) is 0.0417. The molecule has 1 N–H and O–H groups in total. The summed E-state index contributed by atoms with van der Waals surface area (Å²) < 4.78 is 37.5. The third-order valence-corrected chi connectivity index (χ3v) is 4.44. The maximum Gasteiger partial charge on any atom is 0.255 e. The number of halogens is 2. The van der Waals surface area contributed by atoms with Gasteiger partial charge >= 0.3 is 0 Å². The number of amides is 1. The fourth-order valence-corrected chi connectivity index (χ4v) is 2.90. The molecule has 0 saturated carbocycles. The summed E-state index contributed by atoms with van der Waals surface area (Å²) in [7, 11) is 1.59. The highest BCUT2D eigenvalue weighted by atomic mass is 19.1. The van der Waals surface area contributed by atoms with Gasteiger partial charge in [0.1, 0.15) is 23.1 Å². The summed E-state index contributed by atoms with van der Waals surface area (Å²) in [5.41, 5.74) is 1.01. The first-order valence-corrected chi connectivity index (χ1v) is 9.53. The summed E-state index contributed by atoms with van der Waals surface area (Å²) in [6.07, 6.45) is 1.57. The average molecular weight is 433 g/mol. The molecule has 32 heavy (non-hydrogen) atoms. The van der Waals surface area contributed by atoms with E-state index in [-0.39, 0.29) is 5.69 Å². The lowest BCUT2D eigenvalue weighted by Gasteiger charge is -2.08. The zero-order chi connectivity index (χ0) is 22.5. The van der Waals surface area contributed by atoms with Gasteiger partial charge in [-0.15, -0.1) is 0 Å². The molecule has 4 rings (SSSR count). The van der Waals surface area contributed by atoms with Crippen molar-refractivity contribution in [3.8, 4) is 28.8 Å². The minimum Gasteiger partial charge on any atom is -0.497 e. The predicted molar refractivity (Wildman–Crippen MR) is 115 cm³/mol. The quantitative estimate of drug-likeness (QED) is 0.436. The lowest BCUT2D eigenvalue weighted by molar-refractivity contribution is 0.102. The molecule has 1 amide bonds. The van der Waals surface area contributed by atoms with E-state index in [0.717, 1.165) is 18.2 Å².